The highest BCUT2D eigenvalue weighted by Crippen LogP contribution is 2.24. The molecule has 0 bridgehead atoms. The second-order valence-corrected chi connectivity index (χ2v) is 7.57. The average molecular weight is 463 g/mol. The van der Waals surface area contributed by atoms with Crippen molar-refractivity contribution in [2.45, 2.75) is 39.0 Å². The Morgan fingerprint density at radius 3 is 2.83 bits per heavy atom. The van der Waals surface area contributed by atoms with Crippen molar-refractivity contribution in [2.24, 2.45) is 10.9 Å². The molecule has 0 radical (unpaired) electrons. The molecule has 0 amide bonds. The van der Waals surface area contributed by atoms with Gasteiger partial charge in [-0.2, -0.15) is 0 Å². The van der Waals surface area contributed by atoms with E-state index in [1.807, 2.05) is 7.05 Å². The van der Waals surface area contributed by atoms with E-state index in [0.717, 1.165) is 37.9 Å². The minimum absolute atomic E-state index is 0. The van der Waals surface area contributed by atoms with Crippen LogP contribution in [0.4, 0.5) is 5.13 Å². The average Bonchev–Trinajstić information content (AvgIpc) is 3.22. The maximum Gasteiger partial charge on any atom is 0.193 e. The number of hydrogen-bond donors (Lipinski definition) is 1. The predicted octanol–water partition coefficient (Wildman–Crippen LogP) is 3.21. The molecule has 0 saturated carbocycles. The summed E-state index contributed by atoms with van der Waals surface area (Å²) in [4.78, 5) is 14.0. The third-order valence-electron chi connectivity index (χ3n) is 4.75. The third kappa shape index (κ3) is 5.21. The first-order valence-electron chi connectivity index (χ1n) is 8.91. The zero-order valence-electron chi connectivity index (χ0n) is 14.8. The summed E-state index contributed by atoms with van der Waals surface area (Å²) in [5, 5.41) is 6.92. The Labute approximate surface area is 166 Å². The summed E-state index contributed by atoms with van der Waals surface area (Å²) in [6, 6.07) is 0. The molecule has 1 aromatic rings. The van der Waals surface area contributed by atoms with Gasteiger partial charge in [-0.15, -0.1) is 35.3 Å². The fourth-order valence-electron chi connectivity index (χ4n) is 3.48. The van der Waals surface area contributed by atoms with E-state index in [9.17, 15) is 0 Å². The number of nitrogens with one attached hydrogen (secondary N) is 1. The lowest BCUT2D eigenvalue weighted by atomic mass is 10.0. The minimum atomic E-state index is 0. The van der Waals surface area contributed by atoms with Crippen LogP contribution in [0.15, 0.2) is 10.4 Å². The number of halogens is 1. The standard InChI is InChI=1S/C17H29N5S.HI/c1-14-6-5-11-22(12-14)16(18-2)19-8-7-15-13-23-17(20-15)21-9-3-4-10-21;/h13-14H,3-12H2,1-2H3,(H,18,19);1H. The Kier molecular flexibility index (Phi) is 8.06. The van der Waals surface area contributed by atoms with E-state index in [0.29, 0.717) is 0 Å². The van der Waals surface area contributed by atoms with Gasteiger partial charge < -0.3 is 15.1 Å². The molecule has 1 atom stereocenters. The van der Waals surface area contributed by atoms with Crippen LogP contribution in [0.2, 0.25) is 0 Å². The molecule has 2 fully saturated rings. The fraction of sp³-hybridized carbons (Fsp3) is 0.765. The van der Waals surface area contributed by atoms with Crippen molar-refractivity contribution in [3.63, 3.8) is 0 Å². The smallest absolute Gasteiger partial charge is 0.193 e. The van der Waals surface area contributed by atoms with Gasteiger partial charge in [0.25, 0.3) is 0 Å². The van der Waals surface area contributed by atoms with Crippen LogP contribution in [-0.4, -0.2) is 55.6 Å². The quantitative estimate of drug-likeness (QED) is 0.423. The molecule has 2 saturated heterocycles. The number of anilines is 1. The van der Waals surface area contributed by atoms with Crippen molar-refractivity contribution >= 4 is 46.4 Å². The van der Waals surface area contributed by atoms with E-state index in [4.69, 9.17) is 4.98 Å². The lowest BCUT2D eigenvalue weighted by molar-refractivity contribution is 0.266. The largest absolute Gasteiger partial charge is 0.356 e. The van der Waals surface area contributed by atoms with Crippen LogP contribution >= 0.6 is 35.3 Å². The lowest BCUT2D eigenvalue weighted by Gasteiger charge is -2.33. The van der Waals surface area contributed by atoms with E-state index in [2.05, 4.69) is 32.4 Å². The number of piperidine rings is 1. The molecular formula is C17H30IN5S. The summed E-state index contributed by atoms with van der Waals surface area (Å²) in [6.07, 6.45) is 6.19. The second kappa shape index (κ2) is 9.79. The molecule has 3 rings (SSSR count). The number of aromatic nitrogens is 1. The summed E-state index contributed by atoms with van der Waals surface area (Å²) in [7, 11) is 1.88. The SMILES string of the molecule is CN=C(NCCc1csc(N2CCCC2)n1)N1CCCC(C)C1.I. The van der Waals surface area contributed by atoms with Gasteiger partial charge in [-0.1, -0.05) is 6.92 Å². The molecule has 136 valence electrons. The molecule has 0 aromatic carbocycles. The van der Waals surface area contributed by atoms with Crippen LogP contribution in [-0.2, 0) is 6.42 Å². The molecule has 3 heterocycles. The van der Waals surface area contributed by atoms with Gasteiger partial charge in [0.2, 0.25) is 0 Å². The van der Waals surface area contributed by atoms with Crippen LogP contribution in [0.5, 0.6) is 0 Å². The Morgan fingerprint density at radius 1 is 1.33 bits per heavy atom. The lowest BCUT2D eigenvalue weighted by Crippen LogP contribution is -2.46. The fourth-order valence-corrected chi connectivity index (χ4v) is 4.39. The molecular weight excluding hydrogens is 433 g/mol. The number of aliphatic imine (C=N–C) groups is 1. The molecule has 2 aliphatic rings. The highest BCUT2D eigenvalue weighted by atomic mass is 127. The van der Waals surface area contributed by atoms with Gasteiger partial charge in [-0.05, 0) is 31.6 Å². The topological polar surface area (TPSA) is 43.8 Å². The first kappa shape index (κ1) is 19.8. The first-order chi connectivity index (χ1) is 11.3. The van der Waals surface area contributed by atoms with E-state index in [-0.39, 0.29) is 24.0 Å². The van der Waals surface area contributed by atoms with Crippen molar-refractivity contribution in [2.75, 3.05) is 44.7 Å². The van der Waals surface area contributed by atoms with Gasteiger partial charge in [0.05, 0.1) is 5.69 Å². The van der Waals surface area contributed by atoms with Crippen molar-refractivity contribution in [1.82, 2.24) is 15.2 Å². The molecule has 7 heteroatoms. The van der Waals surface area contributed by atoms with Crippen LogP contribution in [0.1, 0.15) is 38.3 Å². The summed E-state index contributed by atoms with van der Waals surface area (Å²) in [5.41, 5.74) is 1.20. The minimum Gasteiger partial charge on any atom is -0.356 e. The van der Waals surface area contributed by atoms with Crippen molar-refractivity contribution in [3.8, 4) is 0 Å². The number of likely N-dealkylation sites (tertiary alicyclic amines) is 1. The van der Waals surface area contributed by atoms with Gasteiger partial charge in [0, 0.05) is 51.6 Å². The normalized spacial score (nSPS) is 21.8. The molecule has 5 nitrogen and oxygen atoms in total. The van der Waals surface area contributed by atoms with Crippen molar-refractivity contribution in [1.29, 1.82) is 0 Å². The van der Waals surface area contributed by atoms with E-state index < -0.39 is 0 Å². The molecule has 2 aliphatic heterocycles. The number of guanidine groups is 1. The van der Waals surface area contributed by atoms with E-state index in [1.165, 1.54) is 49.6 Å². The molecule has 1 N–H and O–H groups in total. The van der Waals surface area contributed by atoms with Gasteiger partial charge in [0.15, 0.2) is 11.1 Å². The maximum absolute atomic E-state index is 4.79. The first-order valence-corrected chi connectivity index (χ1v) is 9.79. The Balaban J connectivity index is 0.00000208. The third-order valence-corrected chi connectivity index (χ3v) is 5.70. The van der Waals surface area contributed by atoms with Gasteiger partial charge in [-0.3, -0.25) is 4.99 Å². The zero-order valence-corrected chi connectivity index (χ0v) is 18.0. The number of thiazole rings is 1. The summed E-state index contributed by atoms with van der Waals surface area (Å²) < 4.78 is 0. The summed E-state index contributed by atoms with van der Waals surface area (Å²) in [6.45, 7) is 7.82. The highest BCUT2D eigenvalue weighted by molar-refractivity contribution is 14.0. The maximum atomic E-state index is 4.79. The van der Waals surface area contributed by atoms with Crippen molar-refractivity contribution < 1.29 is 0 Å². The Hall–Kier alpha value is -0.570. The van der Waals surface area contributed by atoms with Crippen LogP contribution in [0.3, 0.4) is 0 Å². The van der Waals surface area contributed by atoms with Crippen LogP contribution in [0.25, 0.3) is 0 Å². The molecule has 1 aromatic heterocycles. The Bertz CT molecular complexity index is 527. The number of nitrogens with zero attached hydrogens (tertiary/aromatic N) is 4. The molecule has 1 unspecified atom stereocenters. The molecule has 24 heavy (non-hydrogen) atoms. The van der Waals surface area contributed by atoms with E-state index >= 15 is 0 Å². The summed E-state index contributed by atoms with van der Waals surface area (Å²) in [5.74, 6) is 1.82. The molecule has 0 spiro atoms. The van der Waals surface area contributed by atoms with Gasteiger partial charge in [-0.25, -0.2) is 4.98 Å². The van der Waals surface area contributed by atoms with Crippen LogP contribution in [0, 0.1) is 5.92 Å². The second-order valence-electron chi connectivity index (χ2n) is 6.73. The Morgan fingerprint density at radius 2 is 2.12 bits per heavy atom. The van der Waals surface area contributed by atoms with Crippen LogP contribution < -0.4 is 10.2 Å². The van der Waals surface area contributed by atoms with E-state index in [1.54, 1.807) is 11.3 Å². The summed E-state index contributed by atoms with van der Waals surface area (Å²) >= 11 is 1.79. The monoisotopic (exact) mass is 463 g/mol. The number of hydrogen-bond acceptors (Lipinski definition) is 4. The van der Waals surface area contributed by atoms with Gasteiger partial charge >= 0.3 is 0 Å². The van der Waals surface area contributed by atoms with Gasteiger partial charge in [0.1, 0.15) is 0 Å². The predicted molar refractivity (Wildman–Crippen MR) is 114 cm³/mol. The highest BCUT2D eigenvalue weighted by Gasteiger charge is 2.19. The van der Waals surface area contributed by atoms with Crippen molar-refractivity contribution in [3.05, 3.63) is 11.1 Å². The zero-order chi connectivity index (χ0) is 16.1. The number of rotatable bonds is 4. The molecule has 0 aliphatic carbocycles.